The molecule has 98 valence electrons. The Morgan fingerprint density at radius 3 is 2.24 bits per heavy atom. The van der Waals surface area contributed by atoms with Gasteiger partial charge in [0.2, 0.25) is 0 Å². The molecule has 0 bridgehead atoms. The van der Waals surface area contributed by atoms with Gasteiger partial charge in [0.25, 0.3) is 0 Å². The smallest absolute Gasteiger partial charge is 0.110 e. The fourth-order valence-electron chi connectivity index (χ4n) is 2.15. The van der Waals surface area contributed by atoms with Crippen LogP contribution in [0.5, 0.6) is 0 Å². The van der Waals surface area contributed by atoms with Gasteiger partial charge in [-0.25, -0.2) is 4.98 Å². The lowest BCUT2D eigenvalue weighted by molar-refractivity contribution is 0.340. The van der Waals surface area contributed by atoms with Gasteiger partial charge < -0.3 is 5.32 Å². The molecule has 0 saturated heterocycles. The molecule has 17 heavy (non-hydrogen) atoms. The highest BCUT2D eigenvalue weighted by molar-refractivity contribution is 7.11. The maximum atomic E-state index is 4.74. The second-order valence-corrected chi connectivity index (χ2v) is 5.94. The SMILES string of the molecule is CCCNC(c1nc(C)c(C)s1)C(CC)CC. The van der Waals surface area contributed by atoms with Crippen LogP contribution in [0.25, 0.3) is 0 Å². The Hall–Kier alpha value is -0.410. The maximum Gasteiger partial charge on any atom is 0.110 e. The minimum atomic E-state index is 0.447. The van der Waals surface area contributed by atoms with Crippen molar-refractivity contribution >= 4 is 11.3 Å². The Kier molecular flexibility index (Phi) is 6.14. The first-order chi connectivity index (χ1) is 8.13. The molecular formula is C14H26N2S. The van der Waals surface area contributed by atoms with Gasteiger partial charge in [0.05, 0.1) is 11.7 Å². The second kappa shape index (κ2) is 7.12. The van der Waals surface area contributed by atoms with Gasteiger partial charge in [-0.05, 0) is 32.7 Å². The number of nitrogens with one attached hydrogen (secondary N) is 1. The van der Waals surface area contributed by atoms with Crippen LogP contribution in [0, 0.1) is 19.8 Å². The highest BCUT2D eigenvalue weighted by Crippen LogP contribution is 2.31. The number of hydrogen-bond donors (Lipinski definition) is 1. The Balaban J connectivity index is 2.88. The van der Waals surface area contributed by atoms with E-state index in [4.69, 9.17) is 4.98 Å². The van der Waals surface area contributed by atoms with Crippen LogP contribution in [0.4, 0.5) is 0 Å². The highest BCUT2D eigenvalue weighted by atomic mass is 32.1. The Morgan fingerprint density at radius 2 is 1.82 bits per heavy atom. The van der Waals surface area contributed by atoms with Gasteiger partial charge in [0.1, 0.15) is 5.01 Å². The van der Waals surface area contributed by atoms with E-state index in [0.29, 0.717) is 12.0 Å². The normalized spacial score (nSPS) is 13.3. The van der Waals surface area contributed by atoms with Crippen molar-refractivity contribution in [3.63, 3.8) is 0 Å². The zero-order valence-electron chi connectivity index (χ0n) is 11.8. The number of hydrogen-bond acceptors (Lipinski definition) is 3. The van der Waals surface area contributed by atoms with Crippen molar-refractivity contribution in [3.8, 4) is 0 Å². The van der Waals surface area contributed by atoms with Crippen LogP contribution in [0.1, 0.15) is 61.7 Å². The molecule has 1 aromatic rings. The molecule has 1 unspecified atom stereocenters. The monoisotopic (exact) mass is 254 g/mol. The summed E-state index contributed by atoms with van der Waals surface area (Å²) in [5, 5.41) is 4.96. The number of aryl methyl sites for hydroxylation is 2. The first kappa shape index (κ1) is 14.7. The standard InChI is InChI=1S/C14H26N2S/c1-6-9-15-13(12(7-2)8-3)14-16-10(4)11(5)17-14/h12-13,15H,6-9H2,1-5H3. The topological polar surface area (TPSA) is 24.9 Å². The highest BCUT2D eigenvalue weighted by Gasteiger charge is 2.23. The van der Waals surface area contributed by atoms with Gasteiger partial charge in [0, 0.05) is 4.88 Å². The molecule has 3 heteroatoms. The molecule has 0 fully saturated rings. The molecule has 0 amide bonds. The summed E-state index contributed by atoms with van der Waals surface area (Å²) in [6.45, 7) is 12.1. The first-order valence-electron chi connectivity index (χ1n) is 6.81. The molecule has 0 aromatic carbocycles. The zero-order valence-corrected chi connectivity index (χ0v) is 12.7. The number of rotatable bonds is 7. The van der Waals surface area contributed by atoms with Crippen LogP contribution in [-0.4, -0.2) is 11.5 Å². The molecule has 0 radical (unpaired) electrons. The van der Waals surface area contributed by atoms with E-state index < -0.39 is 0 Å². The zero-order chi connectivity index (χ0) is 12.8. The van der Waals surface area contributed by atoms with Crippen molar-refractivity contribution in [3.05, 3.63) is 15.6 Å². The molecule has 1 rings (SSSR count). The fraction of sp³-hybridized carbons (Fsp3) is 0.786. The van der Waals surface area contributed by atoms with Gasteiger partial charge >= 0.3 is 0 Å². The lowest BCUT2D eigenvalue weighted by Gasteiger charge is -2.24. The molecule has 0 aliphatic heterocycles. The van der Waals surface area contributed by atoms with E-state index >= 15 is 0 Å². The van der Waals surface area contributed by atoms with Crippen LogP contribution < -0.4 is 5.32 Å². The van der Waals surface area contributed by atoms with Gasteiger partial charge in [-0.15, -0.1) is 11.3 Å². The second-order valence-electron chi connectivity index (χ2n) is 4.70. The van der Waals surface area contributed by atoms with Gasteiger partial charge in [-0.1, -0.05) is 33.6 Å². The molecule has 1 N–H and O–H groups in total. The van der Waals surface area contributed by atoms with Gasteiger partial charge in [0.15, 0.2) is 0 Å². The summed E-state index contributed by atoms with van der Waals surface area (Å²) in [4.78, 5) is 6.09. The predicted molar refractivity (Wildman–Crippen MR) is 76.7 cm³/mol. The largest absolute Gasteiger partial charge is 0.308 e. The molecule has 0 saturated carbocycles. The number of aromatic nitrogens is 1. The van der Waals surface area contributed by atoms with E-state index in [1.165, 1.54) is 34.8 Å². The minimum Gasteiger partial charge on any atom is -0.308 e. The summed E-state index contributed by atoms with van der Waals surface area (Å²) in [5.41, 5.74) is 1.19. The van der Waals surface area contributed by atoms with E-state index in [-0.39, 0.29) is 0 Å². The third kappa shape index (κ3) is 3.78. The summed E-state index contributed by atoms with van der Waals surface area (Å²) >= 11 is 1.86. The van der Waals surface area contributed by atoms with Crippen LogP contribution >= 0.6 is 11.3 Å². The molecular weight excluding hydrogens is 228 g/mol. The molecule has 1 aromatic heterocycles. The van der Waals surface area contributed by atoms with Crippen LogP contribution in [0.3, 0.4) is 0 Å². The minimum absolute atomic E-state index is 0.447. The van der Waals surface area contributed by atoms with Crippen molar-refractivity contribution in [1.82, 2.24) is 10.3 Å². The predicted octanol–water partition coefficient (Wildman–Crippen LogP) is 4.24. The fourth-order valence-corrected chi connectivity index (χ4v) is 3.24. The van der Waals surface area contributed by atoms with E-state index in [0.717, 1.165) is 6.54 Å². The number of thiazole rings is 1. The Bertz CT molecular complexity index is 309. The van der Waals surface area contributed by atoms with Gasteiger partial charge in [-0.2, -0.15) is 0 Å². The van der Waals surface area contributed by atoms with E-state index in [1.54, 1.807) is 0 Å². The molecule has 0 aliphatic carbocycles. The summed E-state index contributed by atoms with van der Waals surface area (Å²) in [6.07, 6.45) is 3.62. The summed E-state index contributed by atoms with van der Waals surface area (Å²) in [6, 6.07) is 0.447. The van der Waals surface area contributed by atoms with Crippen molar-refractivity contribution in [1.29, 1.82) is 0 Å². The lowest BCUT2D eigenvalue weighted by Crippen LogP contribution is -2.28. The molecule has 2 nitrogen and oxygen atoms in total. The summed E-state index contributed by atoms with van der Waals surface area (Å²) in [7, 11) is 0. The maximum absolute atomic E-state index is 4.74. The Morgan fingerprint density at radius 1 is 1.18 bits per heavy atom. The van der Waals surface area contributed by atoms with E-state index in [1.807, 2.05) is 11.3 Å². The molecule has 0 spiro atoms. The average molecular weight is 254 g/mol. The first-order valence-corrected chi connectivity index (χ1v) is 7.62. The van der Waals surface area contributed by atoms with E-state index in [9.17, 15) is 0 Å². The third-order valence-corrected chi connectivity index (χ3v) is 4.60. The van der Waals surface area contributed by atoms with Crippen molar-refractivity contribution in [2.45, 2.75) is 59.9 Å². The summed E-state index contributed by atoms with van der Waals surface area (Å²) < 4.78 is 0. The average Bonchev–Trinajstić information content (AvgIpc) is 2.65. The van der Waals surface area contributed by atoms with Crippen molar-refractivity contribution < 1.29 is 0 Å². The number of nitrogens with zero attached hydrogens (tertiary/aromatic N) is 1. The van der Waals surface area contributed by atoms with Crippen molar-refractivity contribution in [2.24, 2.45) is 5.92 Å². The Labute approximate surface area is 110 Å². The molecule has 0 aliphatic rings. The molecule has 1 atom stereocenters. The summed E-state index contributed by atoms with van der Waals surface area (Å²) in [5.74, 6) is 0.700. The van der Waals surface area contributed by atoms with E-state index in [2.05, 4.69) is 39.9 Å². The van der Waals surface area contributed by atoms with Crippen LogP contribution in [-0.2, 0) is 0 Å². The quantitative estimate of drug-likeness (QED) is 0.787. The third-order valence-electron chi connectivity index (χ3n) is 3.45. The lowest BCUT2D eigenvalue weighted by atomic mass is 9.94. The van der Waals surface area contributed by atoms with Crippen LogP contribution in [0.15, 0.2) is 0 Å². The van der Waals surface area contributed by atoms with Crippen LogP contribution in [0.2, 0.25) is 0 Å². The van der Waals surface area contributed by atoms with Crippen molar-refractivity contribution in [2.75, 3.05) is 6.54 Å². The molecule has 1 heterocycles. The van der Waals surface area contributed by atoms with Gasteiger partial charge in [-0.3, -0.25) is 0 Å².